The topological polar surface area (TPSA) is 59.4 Å². The number of nitrogens with zero attached hydrogens (tertiary/aromatic N) is 4. The van der Waals surface area contributed by atoms with Gasteiger partial charge in [0, 0.05) is 18.4 Å². The summed E-state index contributed by atoms with van der Waals surface area (Å²) in [5.41, 5.74) is 1.97. The van der Waals surface area contributed by atoms with Crippen molar-refractivity contribution < 1.29 is 0 Å². The van der Waals surface area contributed by atoms with Gasteiger partial charge in [-0.15, -0.1) is 0 Å². The number of aryl methyl sites for hydroxylation is 1. The number of para-hydroxylation sites is 1. The van der Waals surface area contributed by atoms with E-state index in [0.29, 0.717) is 11.7 Å². The van der Waals surface area contributed by atoms with Crippen molar-refractivity contribution in [1.82, 2.24) is 25.0 Å². The summed E-state index contributed by atoms with van der Waals surface area (Å²) in [4.78, 5) is 4.68. The minimum atomic E-state index is 0.547. The SMILES string of the molecule is Cn1nc(-c2n[nH]c(C3CCCC3)n2)c2ccccc21. The zero-order valence-corrected chi connectivity index (χ0v) is 11.5. The third kappa shape index (κ3) is 1.73. The van der Waals surface area contributed by atoms with E-state index in [4.69, 9.17) is 0 Å². The highest BCUT2D eigenvalue weighted by atomic mass is 15.3. The Kier molecular flexibility index (Phi) is 2.58. The zero-order valence-electron chi connectivity index (χ0n) is 11.5. The minimum Gasteiger partial charge on any atom is -0.267 e. The molecule has 1 aromatic carbocycles. The van der Waals surface area contributed by atoms with E-state index in [-0.39, 0.29) is 0 Å². The summed E-state index contributed by atoms with van der Waals surface area (Å²) < 4.78 is 1.89. The fourth-order valence-electron chi connectivity index (χ4n) is 3.14. The van der Waals surface area contributed by atoms with E-state index in [2.05, 4.69) is 32.4 Å². The molecule has 0 radical (unpaired) electrons. The molecule has 1 aliphatic rings. The van der Waals surface area contributed by atoms with Gasteiger partial charge >= 0.3 is 0 Å². The molecule has 0 saturated heterocycles. The van der Waals surface area contributed by atoms with E-state index < -0.39 is 0 Å². The summed E-state index contributed by atoms with van der Waals surface area (Å²) in [5, 5.41) is 13.2. The summed E-state index contributed by atoms with van der Waals surface area (Å²) in [5.74, 6) is 2.28. The second kappa shape index (κ2) is 4.44. The molecule has 102 valence electrons. The van der Waals surface area contributed by atoms with Crippen LogP contribution in [0.5, 0.6) is 0 Å². The van der Waals surface area contributed by atoms with Gasteiger partial charge in [0.2, 0.25) is 5.82 Å². The lowest BCUT2D eigenvalue weighted by Crippen LogP contribution is -1.94. The molecule has 5 heteroatoms. The minimum absolute atomic E-state index is 0.547. The maximum absolute atomic E-state index is 4.68. The molecule has 20 heavy (non-hydrogen) atoms. The van der Waals surface area contributed by atoms with Gasteiger partial charge in [0.25, 0.3) is 0 Å². The van der Waals surface area contributed by atoms with Crippen molar-refractivity contribution >= 4 is 10.9 Å². The third-order valence-electron chi connectivity index (χ3n) is 4.21. The van der Waals surface area contributed by atoms with Gasteiger partial charge in [-0.1, -0.05) is 31.0 Å². The van der Waals surface area contributed by atoms with Crippen LogP contribution in [0.2, 0.25) is 0 Å². The van der Waals surface area contributed by atoms with E-state index in [1.165, 1.54) is 25.7 Å². The van der Waals surface area contributed by atoms with Crippen LogP contribution in [-0.4, -0.2) is 25.0 Å². The van der Waals surface area contributed by atoms with E-state index in [0.717, 1.165) is 22.4 Å². The zero-order chi connectivity index (χ0) is 13.5. The van der Waals surface area contributed by atoms with E-state index in [9.17, 15) is 0 Å². The number of aromatic amines is 1. The number of hydrogen-bond donors (Lipinski definition) is 1. The van der Waals surface area contributed by atoms with Crippen molar-refractivity contribution in [3.63, 3.8) is 0 Å². The van der Waals surface area contributed by atoms with Crippen LogP contribution in [0.1, 0.15) is 37.4 Å². The first-order valence-electron chi connectivity index (χ1n) is 7.17. The summed E-state index contributed by atoms with van der Waals surface area (Å²) in [6, 6.07) is 8.19. The number of rotatable bonds is 2. The molecule has 3 aromatic rings. The largest absolute Gasteiger partial charge is 0.267 e. The predicted molar refractivity (Wildman–Crippen MR) is 77.3 cm³/mol. The third-order valence-corrected chi connectivity index (χ3v) is 4.21. The number of aromatic nitrogens is 5. The molecular formula is C15H17N5. The molecule has 1 N–H and O–H groups in total. The molecule has 1 fully saturated rings. The lowest BCUT2D eigenvalue weighted by Gasteiger charge is -2.01. The maximum Gasteiger partial charge on any atom is 0.202 e. The van der Waals surface area contributed by atoms with Gasteiger partial charge in [-0.05, 0) is 18.9 Å². The molecule has 0 amide bonds. The van der Waals surface area contributed by atoms with Crippen molar-refractivity contribution in [2.45, 2.75) is 31.6 Å². The first-order chi connectivity index (χ1) is 9.83. The van der Waals surface area contributed by atoms with Crippen LogP contribution in [0.3, 0.4) is 0 Å². The fourth-order valence-corrected chi connectivity index (χ4v) is 3.14. The number of benzene rings is 1. The first-order valence-corrected chi connectivity index (χ1v) is 7.17. The molecule has 0 bridgehead atoms. The van der Waals surface area contributed by atoms with Crippen LogP contribution in [0, 0.1) is 0 Å². The predicted octanol–water partition coefficient (Wildman–Crippen LogP) is 3.02. The standard InChI is InChI=1S/C15H17N5/c1-20-12-9-5-4-8-11(12)13(19-20)15-16-14(17-18-15)10-6-2-3-7-10/h4-5,8-10H,2-3,6-7H2,1H3,(H,16,17,18). The van der Waals surface area contributed by atoms with E-state index in [1.807, 2.05) is 23.9 Å². The van der Waals surface area contributed by atoms with Gasteiger partial charge in [-0.3, -0.25) is 9.78 Å². The molecule has 0 atom stereocenters. The van der Waals surface area contributed by atoms with Crippen molar-refractivity contribution in [2.75, 3.05) is 0 Å². The molecule has 1 saturated carbocycles. The Bertz CT molecular complexity index is 749. The average molecular weight is 267 g/mol. The molecule has 5 nitrogen and oxygen atoms in total. The van der Waals surface area contributed by atoms with Crippen LogP contribution >= 0.6 is 0 Å². The fraction of sp³-hybridized carbons (Fsp3) is 0.400. The Balaban J connectivity index is 1.79. The van der Waals surface area contributed by atoms with Crippen molar-refractivity contribution in [2.24, 2.45) is 7.05 Å². The van der Waals surface area contributed by atoms with Gasteiger partial charge in [-0.2, -0.15) is 10.2 Å². The number of hydrogen-bond acceptors (Lipinski definition) is 3. The Labute approximate surface area is 117 Å². The van der Waals surface area contributed by atoms with Gasteiger partial charge < -0.3 is 0 Å². The van der Waals surface area contributed by atoms with Crippen LogP contribution in [0.25, 0.3) is 22.4 Å². The normalized spacial score (nSPS) is 16.2. The molecule has 4 rings (SSSR count). The number of fused-ring (bicyclic) bond motifs is 1. The Morgan fingerprint density at radius 2 is 2.00 bits per heavy atom. The molecule has 0 aliphatic heterocycles. The van der Waals surface area contributed by atoms with Crippen molar-refractivity contribution in [1.29, 1.82) is 0 Å². The molecular weight excluding hydrogens is 250 g/mol. The summed E-state index contributed by atoms with van der Waals surface area (Å²) in [6.07, 6.45) is 5.04. The lowest BCUT2D eigenvalue weighted by molar-refractivity contribution is 0.672. The van der Waals surface area contributed by atoms with Crippen LogP contribution in [0.15, 0.2) is 24.3 Å². The average Bonchev–Trinajstić information content (AvgIpc) is 3.17. The van der Waals surface area contributed by atoms with E-state index >= 15 is 0 Å². The Morgan fingerprint density at radius 3 is 2.85 bits per heavy atom. The van der Waals surface area contributed by atoms with Gasteiger partial charge in [0.15, 0.2) is 0 Å². The van der Waals surface area contributed by atoms with Crippen molar-refractivity contribution in [3.8, 4) is 11.5 Å². The van der Waals surface area contributed by atoms with Gasteiger partial charge in [-0.25, -0.2) is 4.98 Å². The van der Waals surface area contributed by atoms with Gasteiger partial charge in [0.1, 0.15) is 11.5 Å². The Hall–Kier alpha value is -2.17. The van der Waals surface area contributed by atoms with E-state index in [1.54, 1.807) is 0 Å². The second-order valence-corrected chi connectivity index (χ2v) is 5.52. The molecule has 0 unspecified atom stereocenters. The quantitative estimate of drug-likeness (QED) is 0.776. The molecule has 2 heterocycles. The van der Waals surface area contributed by atoms with Crippen molar-refractivity contribution in [3.05, 3.63) is 30.1 Å². The highest BCUT2D eigenvalue weighted by Gasteiger charge is 2.22. The smallest absolute Gasteiger partial charge is 0.202 e. The lowest BCUT2D eigenvalue weighted by atomic mass is 10.1. The molecule has 2 aromatic heterocycles. The molecule has 0 spiro atoms. The second-order valence-electron chi connectivity index (χ2n) is 5.52. The van der Waals surface area contributed by atoms with Gasteiger partial charge in [0.05, 0.1) is 5.52 Å². The molecule has 1 aliphatic carbocycles. The highest BCUT2D eigenvalue weighted by molar-refractivity contribution is 5.91. The summed E-state index contributed by atoms with van der Waals surface area (Å²) >= 11 is 0. The van der Waals surface area contributed by atoms with Crippen LogP contribution in [-0.2, 0) is 7.05 Å². The van der Waals surface area contributed by atoms with Crippen LogP contribution < -0.4 is 0 Å². The Morgan fingerprint density at radius 1 is 1.20 bits per heavy atom. The highest BCUT2D eigenvalue weighted by Crippen LogP contribution is 2.33. The summed E-state index contributed by atoms with van der Waals surface area (Å²) in [7, 11) is 1.95. The number of H-pyrrole nitrogens is 1. The maximum atomic E-state index is 4.68. The summed E-state index contributed by atoms with van der Waals surface area (Å²) in [6.45, 7) is 0. The number of nitrogens with one attached hydrogen (secondary N) is 1. The van der Waals surface area contributed by atoms with Crippen LogP contribution in [0.4, 0.5) is 0 Å². The first kappa shape index (κ1) is 11.6. The monoisotopic (exact) mass is 267 g/mol.